The molecule has 2 aliphatic heterocycles. The highest BCUT2D eigenvalue weighted by atomic mass is 16.2. The van der Waals surface area contributed by atoms with E-state index in [4.69, 9.17) is 5.73 Å². The SMILES string of the molecule is NC(=O)[C@H]1CCCN1CC(=O)Nc1ccc(N2CCCCCC2)cc1. The number of amides is 2. The first kappa shape index (κ1) is 17.7. The molecule has 0 aliphatic carbocycles. The molecule has 2 fully saturated rings. The third-order valence-corrected chi connectivity index (χ3v) is 5.16. The maximum Gasteiger partial charge on any atom is 0.238 e. The minimum Gasteiger partial charge on any atom is -0.372 e. The Balaban J connectivity index is 1.54. The van der Waals surface area contributed by atoms with Crippen molar-refractivity contribution < 1.29 is 9.59 Å². The lowest BCUT2D eigenvalue weighted by molar-refractivity contribution is -0.123. The molecule has 1 aromatic carbocycles. The number of primary amides is 1. The molecular weight excluding hydrogens is 316 g/mol. The lowest BCUT2D eigenvalue weighted by Gasteiger charge is -2.23. The molecule has 0 aromatic heterocycles. The second kappa shape index (κ2) is 8.34. The first-order valence-corrected chi connectivity index (χ1v) is 9.32. The lowest BCUT2D eigenvalue weighted by Crippen LogP contribution is -2.43. The van der Waals surface area contributed by atoms with Crippen molar-refractivity contribution >= 4 is 23.2 Å². The summed E-state index contributed by atoms with van der Waals surface area (Å²) in [6, 6.07) is 7.74. The number of likely N-dealkylation sites (tertiary alicyclic amines) is 1. The Kier molecular flexibility index (Phi) is 5.91. The van der Waals surface area contributed by atoms with Crippen LogP contribution >= 0.6 is 0 Å². The summed E-state index contributed by atoms with van der Waals surface area (Å²) < 4.78 is 0. The highest BCUT2D eigenvalue weighted by Crippen LogP contribution is 2.22. The van der Waals surface area contributed by atoms with Gasteiger partial charge in [-0.1, -0.05) is 12.8 Å². The summed E-state index contributed by atoms with van der Waals surface area (Å²) in [4.78, 5) is 27.9. The molecular formula is C19H28N4O2. The number of rotatable bonds is 5. The molecule has 0 radical (unpaired) electrons. The number of nitrogens with zero attached hydrogens (tertiary/aromatic N) is 2. The fourth-order valence-corrected chi connectivity index (χ4v) is 3.81. The van der Waals surface area contributed by atoms with E-state index >= 15 is 0 Å². The summed E-state index contributed by atoms with van der Waals surface area (Å²) in [7, 11) is 0. The summed E-state index contributed by atoms with van der Waals surface area (Å²) in [6.45, 7) is 3.17. The quantitative estimate of drug-likeness (QED) is 0.856. The van der Waals surface area contributed by atoms with Gasteiger partial charge in [-0.2, -0.15) is 0 Å². The molecule has 2 aliphatic rings. The minimum absolute atomic E-state index is 0.101. The van der Waals surface area contributed by atoms with Crippen LogP contribution in [0.2, 0.25) is 0 Å². The van der Waals surface area contributed by atoms with Gasteiger partial charge in [-0.3, -0.25) is 14.5 Å². The molecule has 25 heavy (non-hydrogen) atoms. The van der Waals surface area contributed by atoms with Gasteiger partial charge in [-0.25, -0.2) is 0 Å². The predicted molar refractivity (Wildman–Crippen MR) is 99.5 cm³/mol. The topological polar surface area (TPSA) is 78.7 Å². The average molecular weight is 344 g/mol. The number of carbonyl (C=O) groups is 2. The number of nitrogens with one attached hydrogen (secondary N) is 1. The Morgan fingerprint density at radius 3 is 2.32 bits per heavy atom. The van der Waals surface area contributed by atoms with Crippen LogP contribution in [0.1, 0.15) is 38.5 Å². The van der Waals surface area contributed by atoms with Gasteiger partial charge >= 0.3 is 0 Å². The van der Waals surface area contributed by atoms with Crippen LogP contribution in [0.4, 0.5) is 11.4 Å². The van der Waals surface area contributed by atoms with E-state index in [0.29, 0.717) is 0 Å². The summed E-state index contributed by atoms with van der Waals surface area (Å²) in [6.07, 6.45) is 6.77. The Labute approximate surface area is 149 Å². The smallest absolute Gasteiger partial charge is 0.238 e. The van der Waals surface area contributed by atoms with Crippen molar-refractivity contribution in [3.05, 3.63) is 24.3 Å². The molecule has 6 heteroatoms. The van der Waals surface area contributed by atoms with Crippen LogP contribution in [0.15, 0.2) is 24.3 Å². The molecule has 3 N–H and O–H groups in total. The molecule has 136 valence electrons. The number of nitrogens with two attached hydrogens (primary N) is 1. The first-order chi connectivity index (χ1) is 12.1. The highest BCUT2D eigenvalue weighted by Gasteiger charge is 2.30. The molecule has 0 unspecified atom stereocenters. The van der Waals surface area contributed by atoms with Crippen molar-refractivity contribution in [3.8, 4) is 0 Å². The number of hydrogen-bond donors (Lipinski definition) is 2. The second-order valence-corrected chi connectivity index (χ2v) is 7.03. The third-order valence-electron chi connectivity index (χ3n) is 5.16. The molecule has 6 nitrogen and oxygen atoms in total. The zero-order chi connectivity index (χ0) is 17.6. The molecule has 2 saturated heterocycles. The van der Waals surface area contributed by atoms with E-state index in [-0.39, 0.29) is 24.4 Å². The van der Waals surface area contributed by atoms with E-state index in [0.717, 1.165) is 38.2 Å². The van der Waals surface area contributed by atoms with Crippen molar-refractivity contribution in [2.75, 3.05) is 36.4 Å². The van der Waals surface area contributed by atoms with Crippen LogP contribution in [-0.2, 0) is 9.59 Å². The standard InChI is InChI=1S/C19H28N4O2/c20-19(25)17-6-5-13-23(17)14-18(24)21-15-7-9-16(10-8-15)22-11-3-1-2-4-12-22/h7-10,17H,1-6,11-14H2,(H2,20,25)(H,21,24)/t17-/m1/s1. The average Bonchev–Trinajstić information content (AvgIpc) is 2.88. The van der Waals surface area contributed by atoms with E-state index in [1.807, 2.05) is 17.0 Å². The summed E-state index contributed by atoms with van der Waals surface area (Å²) in [5, 5.41) is 2.92. The van der Waals surface area contributed by atoms with Crippen molar-refractivity contribution in [2.24, 2.45) is 5.73 Å². The van der Waals surface area contributed by atoms with Crippen molar-refractivity contribution in [3.63, 3.8) is 0 Å². The normalized spacial score (nSPS) is 21.8. The number of benzene rings is 1. The van der Waals surface area contributed by atoms with Crippen LogP contribution < -0.4 is 16.0 Å². The molecule has 1 atom stereocenters. The highest BCUT2D eigenvalue weighted by molar-refractivity contribution is 5.93. The van der Waals surface area contributed by atoms with E-state index in [1.165, 1.54) is 31.4 Å². The zero-order valence-corrected chi connectivity index (χ0v) is 14.7. The van der Waals surface area contributed by atoms with E-state index in [2.05, 4.69) is 22.3 Å². The van der Waals surface area contributed by atoms with Gasteiger partial charge in [0.15, 0.2) is 0 Å². The van der Waals surface area contributed by atoms with Crippen molar-refractivity contribution in [2.45, 2.75) is 44.6 Å². The maximum atomic E-state index is 12.3. The number of anilines is 2. The monoisotopic (exact) mass is 344 g/mol. The molecule has 0 spiro atoms. The van der Waals surface area contributed by atoms with Crippen LogP contribution in [-0.4, -0.2) is 48.9 Å². The summed E-state index contributed by atoms with van der Waals surface area (Å²) in [5.74, 6) is -0.442. The number of carbonyl (C=O) groups excluding carboxylic acids is 2. The van der Waals surface area contributed by atoms with Gasteiger partial charge in [0.25, 0.3) is 0 Å². The molecule has 2 amide bonds. The van der Waals surface area contributed by atoms with Crippen LogP contribution in [0.3, 0.4) is 0 Å². The summed E-state index contributed by atoms with van der Waals surface area (Å²) in [5.41, 5.74) is 7.40. The van der Waals surface area contributed by atoms with Crippen LogP contribution in [0.5, 0.6) is 0 Å². The first-order valence-electron chi connectivity index (χ1n) is 9.32. The number of hydrogen-bond acceptors (Lipinski definition) is 4. The molecule has 3 rings (SSSR count). The largest absolute Gasteiger partial charge is 0.372 e. The molecule has 1 aromatic rings. The van der Waals surface area contributed by atoms with Crippen molar-refractivity contribution in [1.82, 2.24) is 4.90 Å². The van der Waals surface area contributed by atoms with E-state index in [1.54, 1.807) is 0 Å². The van der Waals surface area contributed by atoms with Gasteiger partial charge in [0.2, 0.25) is 11.8 Å². The lowest BCUT2D eigenvalue weighted by atomic mass is 10.2. The van der Waals surface area contributed by atoms with Crippen LogP contribution in [0, 0.1) is 0 Å². The maximum absolute atomic E-state index is 12.3. The molecule has 0 bridgehead atoms. The Morgan fingerprint density at radius 2 is 1.68 bits per heavy atom. The van der Waals surface area contributed by atoms with Gasteiger partial charge < -0.3 is 16.0 Å². The van der Waals surface area contributed by atoms with Gasteiger partial charge in [0, 0.05) is 24.5 Å². The van der Waals surface area contributed by atoms with E-state index < -0.39 is 0 Å². The summed E-state index contributed by atoms with van der Waals surface area (Å²) >= 11 is 0. The van der Waals surface area contributed by atoms with Crippen LogP contribution in [0.25, 0.3) is 0 Å². The van der Waals surface area contributed by atoms with E-state index in [9.17, 15) is 9.59 Å². The fourth-order valence-electron chi connectivity index (χ4n) is 3.81. The third kappa shape index (κ3) is 4.72. The molecule has 0 saturated carbocycles. The van der Waals surface area contributed by atoms with Crippen molar-refractivity contribution in [1.29, 1.82) is 0 Å². The Bertz CT molecular complexity index is 594. The minimum atomic E-state index is -0.341. The predicted octanol–water partition coefficient (Wildman–Crippen LogP) is 1.96. The molecule has 2 heterocycles. The fraction of sp³-hybridized carbons (Fsp3) is 0.579. The zero-order valence-electron chi connectivity index (χ0n) is 14.7. The Morgan fingerprint density at radius 1 is 1.00 bits per heavy atom. The second-order valence-electron chi connectivity index (χ2n) is 7.03. The van der Waals surface area contributed by atoms with Gasteiger partial charge in [-0.15, -0.1) is 0 Å². The van der Waals surface area contributed by atoms with Gasteiger partial charge in [0.1, 0.15) is 0 Å². The Hall–Kier alpha value is -2.08. The van der Waals surface area contributed by atoms with Gasteiger partial charge in [0.05, 0.1) is 12.6 Å². The van der Waals surface area contributed by atoms with Gasteiger partial charge in [-0.05, 0) is 56.5 Å².